The standard InChI is InChI=1S/C24H21ClN4O3/c1-16(23(30)26-15-17-7-3-2-4-8-17)27-24(31)20-14-21(22-11-6-12-32-22)29(28-20)19-10-5-9-18(25)13-19/h2-14,16H,15H2,1H3,(H,26,30)(H,27,31). The highest BCUT2D eigenvalue weighted by molar-refractivity contribution is 6.30. The molecular formula is C24H21ClN4O3. The number of nitrogens with zero attached hydrogens (tertiary/aromatic N) is 2. The molecule has 32 heavy (non-hydrogen) atoms. The quantitative estimate of drug-likeness (QED) is 0.443. The highest BCUT2D eigenvalue weighted by Gasteiger charge is 2.22. The fourth-order valence-electron chi connectivity index (χ4n) is 3.17. The van der Waals surface area contributed by atoms with Gasteiger partial charge < -0.3 is 15.1 Å². The van der Waals surface area contributed by atoms with Crippen LogP contribution in [0.2, 0.25) is 5.02 Å². The monoisotopic (exact) mass is 448 g/mol. The van der Waals surface area contributed by atoms with Crippen LogP contribution in [-0.2, 0) is 11.3 Å². The molecule has 4 aromatic rings. The van der Waals surface area contributed by atoms with Crippen molar-refractivity contribution in [3.63, 3.8) is 0 Å². The lowest BCUT2D eigenvalue weighted by Crippen LogP contribution is -2.44. The van der Waals surface area contributed by atoms with Gasteiger partial charge in [-0.05, 0) is 42.8 Å². The molecule has 0 aliphatic heterocycles. The number of amides is 2. The molecule has 8 heteroatoms. The molecule has 0 saturated heterocycles. The zero-order valence-electron chi connectivity index (χ0n) is 17.3. The Labute approximate surface area is 190 Å². The van der Waals surface area contributed by atoms with E-state index in [4.69, 9.17) is 16.0 Å². The van der Waals surface area contributed by atoms with Crippen LogP contribution in [0.1, 0.15) is 23.0 Å². The van der Waals surface area contributed by atoms with Crippen LogP contribution in [0.15, 0.2) is 83.5 Å². The molecule has 1 atom stereocenters. The van der Waals surface area contributed by atoms with Crippen molar-refractivity contribution in [2.75, 3.05) is 0 Å². The maximum Gasteiger partial charge on any atom is 0.272 e. The molecule has 4 rings (SSSR count). The number of furan rings is 1. The Morgan fingerprint density at radius 2 is 1.88 bits per heavy atom. The number of hydrogen-bond acceptors (Lipinski definition) is 4. The maximum absolute atomic E-state index is 12.8. The minimum atomic E-state index is -0.741. The van der Waals surface area contributed by atoms with E-state index in [1.54, 1.807) is 54.3 Å². The largest absolute Gasteiger partial charge is 0.463 e. The highest BCUT2D eigenvalue weighted by atomic mass is 35.5. The van der Waals surface area contributed by atoms with E-state index in [1.165, 1.54) is 0 Å². The van der Waals surface area contributed by atoms with Crippen molar-refractivity contribution < 1.29 is 14.0 Å². The summed E-state index contributed by atoms with van der Waals surface area (Å²) in [5.74, 6) is -0.214. The molecule has 162 valence electrons. The van der Waals surface area contributed by atoms with Gasteiger partial charge in [-0.15, -0.1) is 0 Å². The van der Waals surface area contributed by atoms with Crippen molar-refractivity contribution >= 4 is 23.4 Å². The number of nitrogens with one attached hydrogen (secondary N) is 2. The minimum Gasteiger partial charge on any atom is -0.463 e. The lowest BCUT2D eigenvalue weighted by Gasteiger charge is -2.13. The first-order valence-electron chi connectivity index (χ1n) is 10.0. The van der Waals surface area contributed by atoms with Gasteiger partial charge in [0.2, 0.25) is 5.91 Å². The summed E-state index contributed by atoms with van der Waals surface area (Å²) in [7, 11) is 0. The third-order valence-electron chi connectivity index (χ3n) is 4.82. The topological polar surface area (TPSA) is 89.2 Å². The van der Waals surface area contributed by atoms with Gasteiger partial charge in [0, 0.05) is 17.6 Å². The molecule has 0 radical (unpaired) electrons. The number of benzene rings is 2. The van der Waals surface area contributed by atoms with Gasteiger partial charge in [-0.1, -0.05) is 48.0 Å². The maximum atomic E-state index is 12.8. The molecule has 0 aliphatic rings. The second kappa shape index (κ2) is 9.53. The third kappa shape index (κ3) is 4.90. The van der Waals surface area contributed by atoms with Crippen LogP contribution in [0, 0.1) is 0 Å². The number of aromatic nitrogens is 2. The molecule has 1 unspecified atom stereocenters. The Morgan fingerprint density at radius 1 is 1.06 bits per heavy atom. The number of halogens is 1. The van der Waals surface area contributed by atoms with E-state index in [0.29, 0.717) is 28.7 Å². The van der Waals surface area contributed by atoms with E-state index < -0.39 is 11.9 Å². The molecule has 0 aliphatic carbocycles. The summed E-state index contributed by atoms with van der Waals surface area (Å²) < 4.78 is 7.09. The second-order valence-corrected chi connectivity index (χ2v) is 7.62. The fourth-order valence-corrected chi connectivity index (χ4v) is 3.36. The van der Waals surface area contributed by atoms with Gasteiger partial charge in [0.25, 0.3) is 5.91 Å². The van der Waals surface area contributed by atoms with Gasteiger partial charge in [-0.3, -0.25) is 9.59 Å². The summed E-state index contributed by atoms with van der Waals surface area (Å²) in [6.07, 6.45) is 1.55. The van der Waals surface area contributed by atoms with Gasteiger partial charge in [-0.2, -0.15) is 5.10 Å². The van der Waals surface area contributed by atoms with Crippen molar-refractivity contribution in [1.82, 2.24) is 20.4 Å². The Kier molecular flexibility index (Phi) is 6.37. The molecule has 2 aromatic heterocycles. The Hall–Kier alpha value is -3.84. The van der Waals surface area contributed by atoms with Crippen LogP contribution in [0.4, 0.5) is 0 Å². The number of rotatable bonds is 7. The van der Waals surface area contributed by atoms with E-state index in [1.807, 2.05) is 36.4 Å². The molecule has 2 amide bonds. The van der Waals surface area contributed by atoms with Gasteiger partial charge in [0.1, 0.15) is 11.7 Å². The lowest BCUT2D eigenvalue weighted by atomic mass is 10.2. The molecule has 0 saturated carbocycles. The molecule has 2 heterocycles. The van der Waals surface area contributed by atoms with Crippen LogP contribution >= 0.6 is 11.6 Å². The lowest BCUT2D eigenvalue weighted by molar-refractivity contribution is -0.122. The smallest absolute Gasteiger partial charge is 0.272 e. The van der Waals surface area contributed by atoms with Gasteiger partial charge in [-0.25, -0.2) is 4.68 Å². The first-order valence-corrected chi connectivity index (χ1v) is 10.4. The first kappa shape index (κ1) is 21.4. The fraction of sp³-hybridized carbons (Fsp3) is 0.125. The zero-order chi connectivity index (χ0) is 22.5. The van der Waals surface area contributed by atoms with E-state index in [9.17, 15) is 9.59 Å². The third-order valence-corrected chi connectivity index (χ3v) is 5.05. The van der Waals surface area contributed by atoms with Crippen LogP contribution in [0.3, 0.4) is 0 Å². The summed E-state index contributed by atoms with van der Waals surface area (Å²) in [5.41, 5.74) is 2.39. The molecule has 0 spiro atoms. The normalized spacial score (nSPS) is 11.7. The summed E-state index contributed by atoms with van der Waals surface area (Å²) in [5, 5.41) is 10.5. The summed E-state index contributed by atoms with van der Waals surface area (Å²) >= 11 is 6.13. The predicted molar refractivity (Wildman–Crippen MR) is 121 cm³/mol. The molecule has 0 bridgehead atoms. The number of carbonyl (C=O) groups is 2. The molecular weight excluding hydrogens is 428 g/mol. The van der Waals surface area contributed by atoms with Gasteiger partial charge >= 0.3 is 0 Å². The predicted octanol–water partition coefficient (Wildman–Crippen LogP) is 4.22. The average Bonchev–Trinajstić information content (AvgIpc) is 3.48. The first-order chi connectivity index (χ1) is 15.5. The summed E-state index contributed by atoms with van der Waals surface area (Å²) in [6, 6.07) is 21.1. The van der Waals surface area contributed by atoms with Crippen LogP contribution in [-0.4, -0.2) is 27.6 Å². The van der Waals surface area contributed by atoms with Crippen LogP contribution in [0.25, 0.3) is 17.1 Å². The van der Waals surface area contributed by atoms with Crippen molar-refractivity contribution in [2.24, 2.45) is 0 Å². The van der Waals surface area contributed by atoms with E-state index >= 15 is 0 Å². The molecule has 7 nitrogen and oxygen atoms in total. The van der Waals surface area contributed by atoms with Crippen molar-refractivity contribution in [2.45, 2.75) is 19.5 Å². The van der Waals surface area contributed by atoms with E-state index in [0.717, 1.165) is 5.56 Å². The zero-order valence-corrected chi connectivity index (χ0v) is 18.0. The van der Waals surface area contributed by atoms with Gasteiger partial charge in [0.05, 0.1) is 12.0 Å². The number of hydrogen-bond donors (Lipinski definition) is 2. The Bertz CT molecular complexity index is 1220. The second-order valence-electron chi connectivity index (χ2n) is 7.18. The van der Waals surface area contributed by atoms with Crippen molar-refractivity contribution in [1.29, 1.82) is 0 Å². The van der Waals surface area contributed by atoms with Gasteiger partial charge in [0.15, 0.2) is 11.5 Å². The van der Waals surface area contributed by atoms with Crippen molar-refractivity contribution in [3.8, 4) is 17.1 Å². The van der Waals surface area contributed by atoms with Crippen molar-refractivity contribution in [3.05, 3.63) is 95.3 Å². The Morgan fingerprint density at radius 3 is 2.59 bits per heavy atom. The highest BCUT2D eigenvalue weighted by Crippen LogP contribution is 2.25. The number of carbonyl (C=O) groups excluding carboxylic acids is 2. The van der Waals surface area contributed by atoms with Crippen LogP contribution < -0.4 is 10.6 Å². The van der Waals surface area contributed by atoms with Crippen LogP contribution in [0.5, 0.6) is 0 Å². The Balaban J connectivity index is 1.51. The molecule has 2 aromatic carbocycles. The van der Waals surface area contributed by atoms with E-state index in [-0.39, 0.29) is 11.6 Å². The summed E-state index contributed by atoms with van der Waals surface area (Å²) in [4.78, 5) is 25.3. The van der Waals surface area contributed by atoms with E-state index in [2.05, 4.69) is 15.7 Å². The molecule has 2 N–H and O–H groups in total. The summed E-state index contributed by atoms with van der Waals surface area (Å²) in [6.45, 7) is 2.01. The molecule has 0 fully saturated rings. The SMILES string of the molecule is CC(NC(=O)c1cc(-c2ccco2)n(-c2cccc(Cl)c2)n1)C(=O)NCc1ccccc1. The minimum absolute atomic E-state index is 0.152. The average molecular weight is 449 g/mol.